The molecule has 0 saturated carbocycles. The largest absolute Gasteiger partial charge is 0.539 e. The fourth-order valence-electron chi connectivity index (χ4n) is 7.75. The SMILES string of the molecule is CCCCCCCC[Si](CCCCCCCC[Si](C)(CC)CC)(Oc1c(F)c2c(F)c(F)c3cc(F)c(F)c4c(F)c(F)c(c1F)c2c34)C(C)C. The van der Waals surface area contributed by atoms with Crippen LogP contribution in [0.3, 0.4) is 0 Å². The first kappa shape index (κ1) is 41.4. The van der Waals surface area contributed by atoms with Crippen molar-refractivity contribution < 1.29 is 39.5 Å². The summed E-state index contributed by atoms with van der Waals surface area (Å²) in [5.41, 5.74) is -0.163. The number of benzene rings is 4. The van der Waals surface area contributed by atoms with Crippen LogP contribution < -0.4 is 4.43 Å². The maximum atomic E-state index is 16.5. The van der Waals surface area contributed by atoms with E-state index < -0.39 is 101 Å². The van der Waals surface area contributed by atoms with Crippen molar-refractivity contribution in [3.8, 4) is 5.75 Å². The van der Waals surface area contributed by atoms with Gasteiger partial charge in [0, 0.05) is 24.2 Å². The van der Waals surface area contributed by atoms with Gasteiger partial charge in [0.1, 0.15) is 0 Å². The van der Waals surface area contributed by atoms with Gasteiger partial charge in [0.25, 0.3) is 8.32 Å². The predicted octanol–water partition coefficient (Wildman–Crippen LogP) is 15.3. The van der Waals surface area contributed by atoms with Gasteiger partial charge in [0.2, 0.25) is 0 Å². The molecule has 51 heavy (non-hydrogen) atoms. The van der Waals surface area contributed by atoms with Crippen LogP contribution in [0.25, 0.3) is 32.3 Å². The molecule has 0 aromatic heterocycles. The van der Waals surface area contributed by atoms with E-state index in [0.29, 0.717) is 12.1 Å². The zero-order valence-corrected chi connectivity index (χ0v) is 33.1. The first-order chi connectivity index (χ1) is 24.2. The zero-order chi connectivity index (χ0) is 37.7. The third-order valence-corrected chi connectivity index (χ3v) is 21.8. The van der Waals surface area contributed by atoms with E-state index in [9.17, 15) is 8.78 Å². The molecule has 0 aliphatic heterocycles. The van der Waals surface area contributed by atoms with E-state index in [1.165, 1.54) is 24.6 Å². The molecule has 1 nitrogen and oxygen atoms in total. The Balaban J connectivity index is 1.71. The second-order valence-electron chi connectivity index (χ2n) is 15.3. The molecule has 0 amide bonds. The average Bonchev–Trinajstić information content (AvgIpc) is 3.10. The lowest BCUT2D eigenvalue weighted by Crippen LogP contribution is -2.45. The summed E-state index contributed by atoms with van der Waals surface area (Å²) >= 11 is 0. The molecule has 0 aliphatic rings. The van der Waals surface area contributed by atoms with Crippen LogP contribution in [0.4, 0.5) is 35.1 Å². The number of rotatable bonds is 21. The lowest BCUT2D eigenvalue weighted by Gasteiger charge is -2.36. The molecular formula is C40H54F8OSi2. The lowest BCUT2D eigenvalue weighted by atomic mass is 9.91. The van der Waals surface area contributed by atoms with Crippen molar-refractivity contribution in [2.75, 3.05) is 0 Å². The van der Waals surface area contributed by atoms with Crippen molar-refractivity contribution in [1.82, 2.24) is 0 Å². The van der Waals surface area contributed by atoms with Gasteiger partial charge < -0.3 is 4.43 Å². The number of hydrogen-bond donors (Lipinski definition) is 0. The zero-order valence-electron chi connectivity index (χ0n) is 31.1. The van der Waals surface area contributed by atoms with Gasteiger partial charge in [-0.05, 0) is 23.7 Å². The molecule has 4 aromatic carbocycles. The van der Waals surface area contributed by atoms with Gasteiger partial charge in [0.15, 0.2) is 52.3 Å². The fraction of sp³-hybridized carbons (Fsp3) is 0.600. The van der Waals surface area contributed by atoms with Gasteiger partial charge in [-0.3, -0.25) is 0 Å². The summed E-state index contributed by atoms with van der Waals surface area (Å²) in [6.07, 6.45) is 12.0. The molecule has 11 heteroatoms. The Hall–Kier alpha value is -2.41. The van der Waals surface area contributed by atoms with E-state index in [4.69, 9.17) is 4.43 Å². The monoisotopic (exact) mass is 758 g/mol. The minimum Gasteiger partial charge on any atom is -0.539 e. The number of halogens is 8. The van der Waals surface area contributed by atoms with Gasteiger partial charge in [-0.2, -0.15) is 0 Å². The molecule has 0 spiro atoms. The molecule has 4 aromatic rings. The van der Waals surface area contributed by atoms with Gasteiger partial charge in [-0.1, -0.05) is 136 Å². The summed E-state index contributed by atoms with van der Waals surface area (Å²) < 4.78 is 131. The van der Waals surface area contributed by atoms with Crippen LogP contribution in [0.5, 0.6) is 5.75 Å². The van der Waals surface area contributed by atoms with Crippen molar-refractivity contribution in [3.05, 3.63) is 52.6 Å². The van der Waals surface area contributed by atoms with E-state index in [2.05, 4.69) is 27.3 Å². The molecule has 0 radical (unpaired) electrons. The highest BCUT2D eigenvalue weighted by Gasteiger charge is 2.42. The second kappa shape index (κ2) is 17.6. The normalized spacial score (nSPS) is 13.8. The molecule has 1 atom stereocenters. The van der Waals surface area contributed by atoms with Crippen molar-refractivity contribution >= 4 is 48.7 Å². The molecule has 0 N–H and O–H groups in total. The van der Waals surface area contributed by atoms with Crippen LogP contribution in [-0.2, 0) is 0 Å². The summed E-state index contributed by atoms with van der Waals surface area (Å²) in [6.45, 7) is 13.0. The standard InChI is InChI=1S/C40H54F8OSi2/c1-7-10-11-12-16-19-22-51(25(4)5,23-20-17-14-13-15-18-21-50(6,8-2)9-3)49-40-38(47)31-29-28-26(33(42)35(31)44)24-27(41)34(43)30(28)36(45)37(46)32(29)39(40)48/h24-25H,7-23H2,1-6H3. The molecule has 0 saturated heterocycles. The van der Waals surface area contributed by atoms with Crippen LogP contribution in [0.1, 0.15) is 112 Å². The third kappa shape index (κ3) is 8.39. The number of unbranched alkanes of at least 4 members (excludes halogenated alkanes) is 10. The lowest BCUT2D eigenvalue weighted by molar-refractivity contribution is 0.426. The Morgan fingerprint density at radius 2 is 0.941 bits per heavy atom. The topological polar surface area (TPSA) is 9.23 Å². The third-order valence-electron chi connectivity index (χ3n) is 11.7. The maximum absolute atomic E-state index is 16.5. The van der Waals surface area contributed by atoms with Crippen molar-refractivity contribution in [3.63, 3.8) is 0 Å². The van der Waals surface area contributed by atoms with Crippen molar-refractivity contribution in [1.29, 1.82) is 0 Å². The predicted molar refractivity (Wildman–Crippen MR) is 199 cm³/mol. The fourth-order valence-corrected chi connectivity index (χ4v) is 14.2. The van der Waals surface area contributed by atoms with Gasteiger partial charge in [-0.15, -0.1) is 0 Å². The summed E-state index contributed by atoms with van der Waals surface area (Å²) in [5.74, 6) is -15.5. The summed E-state index contributed by atoms with van der Waals surface area (Å²) in [7, 11) is -4.27. The average molecular weight is 759 g/mol. The minimum absolute atomic E-state index is 0.163. The van der Waals surface area contributed by atoms with Crippen LogP contribution in [-0.4, -0.2) is 16.4 Å². The van der Waals surface area contributed by atoms with Crippen molar-refractivity contribution in [2.24, 2.45) is 0 Å². The van der Waals surface area contributed by atoms with Gasteiger partial charge >= 0.3 is 0 Å². The Morgan fingerprint density at radius 1 is 0.510 bits per heavy atom. The van der Waals surface area contributed by atoms with E-state index in [1.807, 2.05) is 13.8 Å². The summed E-state index contributed by atoms with van der Waals surface area (Å²) in [6, 6.07) is 5.26. The highest BCUT2D eigenvalue weighted by atomic mass is 28.4. The maximum Gasteiger partial charge on any atom is 0.254 e. The Kier molecular flexibility index (Phi) is 14.3. The van der Waals surface area contributed by atoms with E-state index in [-0.39, 0.29) is 11.6 Å². The van der Waals surface area contributed by atoms with E-state index in [0.717, 1.165) is 70.6 Å². The van der Waals surface area contributed by atoms with Crippen molar-refractivity contribution in [2.45, 2.75) is 154 Å². The van der Waals surface area contributed by atoms with E-state index >= 15 is 26.3 Å². The Bertz CT molecular complexity index is 1770. The van der Waals surface area contributed by atoms with Gasteiger partial charge in [-0.25, -0.2) is 35.1 Å². The minimum atomic E-state index is -3.14. The summed E-state index contributed by atoms with van der Waals surface area (Å²) in [5, 5.41) is -6.39. The molecule has 0 fully saturated rings. The summed E-state index contributed by atoms with van der Waals surface area (Å²) in [4.78, 5) is 0. The van der Waals surface area contributed by atoms with Gasteiger partial charge in [0.05, 0.1) is 16.2 Å². The molecular weight excluding hydrogens is 705 g/mol. The number of hydrogen-bond acceptors (Lipinski definition) is 1. The van der Waals surface area contributed by atoms with Crippen LogP contribution in [0.2, 0.25) is 42.3 Å². The molecule has 1 unspecified atom stereocenters. The molecule has 4 rings (SSSR count). The molecule has 0 bridgehead atoms. The quantitative estimate of drug-likeness (QED) is 0.0356. The second-order valence-corrected chi connectivity index (χ2v) is 25.3. The molecule has 0 heterocycles. The van der Waals surface area contributed by atoms with Crippen LogP contribution in [0, 0.1) is 46.5 Å². The first-order valence-corrected chi connectivity index (χ1v) is 24.6. The van der Waals surface area contributed by atoms with Crippen LogP contribution >= 0.6 is 0 Å². The highest BCUT2D eigenvalue weighted by molar-refractivity contribution is 6.78. The Labute approximate surface area is 300 Å². The van der Waals surface area contributed by atoms with Crippen LogP contribution in [0.15, 0.2) is 6.07 Å². The Morgan fingerprint density at radius 3 is 1.41 bits per heavy atom. The first-order valence-electron chi connectivity index (χ1n) is 19.1. The molecule has 0 aliphatic carbocycles. The smallest absolute Gasteiger partial charge is 0.254 e. The highest BCUT2D eigenvalue weighted by Crippen LogP contribution is 2.48. The van der Waals surface area contributed by atoms with E-state index in [1.54, 1.807) is 0 Å². The molecule has 284 valence electrons.